The van der Waals surface area contributed by atoms with E-state index in [1.54, 1.807) is 30.4 Å². The Morgan fingerprint density at radius 1 is 1.56 bits per heavy atom. The molecule has 0 radical (unpaired) electrons. The van der Waals surface area contributed by atoms with Crippen molar-refractivity contribution >= 4 is 12.0 Å². The summed E-state index contributed by atoms with van der Waals surface area (Å²) in [5.41, 5.74) is 1.61. The van der Waals surface area contributed by atoms with E-state index in [1.807, 2.05) is 0 Å². The molecule has 0 saturated heterocycles. The highest BCUT2D eigenvalue weighted by Gasteiger charge is 2.00. The largest absolute Gasteiger partial charge is 0.508 e. The van der Waals surface area contributed by atoms with Crippen molar-refractivity contribution in [3.05, 3.63) is 48.1 Å². The average Bonchev–Trinajstić information content (AvgIpc) is 2.30. The normalized spacial score (nSPS) is 10.3. The van der Waals surface area contributed by atoms with Crippen LogP contribution in [0.3, 0.4) is 0 Å². The summed E-state index contributed by atoms with van der Waals surface area (Å²) in [4.78, 5) is 10.9. The van der Waals surface area contributed by atoms with E-state index in [2.05, 4.69) is 11.3 Å². The van der Waals surface area contributed by atoms with Crippen molar-refractivity contribution < 1.29 is 14.6 Å². The summed E-state index contributed by atoms with van der Waals surface area (Å²) in [6.07, 6.45) is 5.27. The van der Waals surface area contributed by atoms with Gasteiger partial charge >= 0.3 is 5.97 Å². The minimum atomic E-state index is -0.404. The van der Waals surface area contributed by atoms with Crippen molar-refractivity contribution in [3.8, 4) is 5.75 Å². The summed E-state index contributed by atoms with van der Waals surface area (Å²) in [6, 6.07) is 5.12. The number of ether oxygens (including phenoxy) is 1. The SMILES string of the molecule is C=CCc1cc(/C=C/C(=O)OC)ccc1O. The molecule has 0 bridgehead atoms. The highest BCUT2D eigenvalue weighted by atomic mass is 16.5. The highest BCUT2D eigenvalue weighted by Crippen LogP contribution is 2.20. The number of allylic oxidation sites excluding steroid dienone is 1. The van der Waals surface area contributed by atoms with Crippen LogP contribution in [0, 0.1) is 0 Å². The van der Waals surface area contributed by atoms with Gasteiger partial charge in [0.15, 0.2) is 0 Å². The van der Waals surface area contributed by atoms with Gasteiger partial charge < -0.3 is 9.84 Å². The molecule has 0 amide bonds. The first-order chi connectivity index (χ1) is 7.67. The van der Waals surface area contributed by atoms with E-state index in [4.69, 9.17) is 0 Å². The molecule has 16 heavy (non-hydrogen) atoms. The first-order valence-corrected chi connectivity index (χ1v) is 4.86. The van der Waals surface area contributed by atoms with E-state index >= 15 is 0 Å². The van der Waals surface area contributed by atoms with Gasteiger partial charge in [0, 0.05) is 6.08 Å². The number of hydrogen-bond acceptors (Lipinski definition) is 3. The molecule has 0 aliphatic heterocycles. The molecule has 0 spiro atoms. The summed E-state index contributed by atoms with van der Waals surface area (Å²) in [7, 11) is 1.33. The Kier molecular flexibility index (Phi) is 4.33. The standard InChI is InChI=1S/C13H14O3/c1-3-4-11-9-10(5-7-12(11)14)6-8-13(15)16-2/h3,5-9,14H,1,4H2,2H3/b8-6+. The molecule has 84 valence electrons. The summed E-state index contributed by atoms with van der Waals surface area (Å²) in [5.74, 6) is -0.173. The van der Waals surface area contributed by atoms with Gasteiger partial charge in [0.05, 0.1) is 7.11 Å². The van der Waals surface area contributed by atoms with Crippen LogP contribution in [0.2, 0.25) is 0 Å². The van der Waals surface area contributed by atoms with E-state index in [1.165, 1.54) is 13.2 Å². The number of benzene rings is 1. The number of carbonyl (C=O) groups excluding carboxylic acids is 1. The number of phenolic OH excluding ortho intramolecular Hbond substituents is 1. The van der Waals surface area contributed by atoms with Gasteiger partial charge in [-0.3, -0.25) is 0 Å². The number of methoxy groups -OCH3 is 1. The third-order valence-electron chi connectivity index (χ3n) is 2.08. The van der Waals surface area contributed by atoms with Crippen LogP contribution in [0.5, 0.6) is 5.75 Å². The fraction of sp³-hybridized carbons (Fsp3) is 0.154. The number of phenols is 1. The zero-order chi connectivity index (χ0) is 12.0. The van der Waals surface area contributed by atoms with E-state index in [0.29, 0.717) is 6.42 Å². The van der Waals surface area contributed by atoms with Gasteiger partial charge in [-0.15, -0.1) is 6.58 Å². The van der Waals surface area contributed by atoms with Gasteiger partial charge in [0.1, 0.15) is 5.75 Å². The Morgan fingerprint density at radius 3 is 2.94 bits per heavy atom. The van der Waals surface area contributed by atoms with Gasteiger partial charge in [-0.05, 0) is 35.8 Å². The average molecular weight is 218 g/mol. The number of hydrogen-bond donors (Lipinski definition) is 1. The van der Waals surface area contributed by atoms with Crippen molar-refractivity contribution in [2.45, 2.75) is 6.42 Å². The maximum absolute atomic E-state index is 10.9. The van der Waals surface area contributed by atoms with Crippen molar-refractivity contribution in [2.24, 2.45) is 0 Å². The predicted molar refractivity (Wildman–Crippen MR) is 63.1 cm³/mol. The lowest BCUT2D eigenvalue weighted by Crippen LogP contribution is -1.93. The van der Waals surface area contributed by atoms with E-state index in [9.17, 15) is 9.90 Å². The fourth-order valence-corrected chi connectivity index (χ4v) is 1.26. The Morgan fingerprint density at radius 2 is 2.31 bits per heavy atom. The predicted octanol–water partition coefficient (Wildman–Crippen LogP) is 2.31. The summed E-state index contributed by atoms with van der Waals surface area (Å²) in [5, 5.41) is 9.53. The molecule has 0 aromatic heterocycles. The fourth-order valence-electron chi connectivity index (χ4n) is 1.26. The Balaban J connectivity index is 2.90. The van der Waals surface area contributed by atoms with E-state index in [0.717, 1.165) is 11.1 Å². The molecule has 3 nitrogen and oxygen atoms in total. The van der Waals surface area contributed by atoms with Crippen LogP contribution in [-0.4, -0.2) is 18.2 Å². The molecule has 0 atom stereocenters. The van der Waals surface area contributed by atoms with Crippen LogP contribution in [-0.2, 0) is 16.0 Å². The van der Waals surface area contributed by atoms with Gasteiger partial charge in [-0.2, -0.15) is 0 Å². The smallest absolute Gasteiger partial charge is 0.330 e. The lowest BCUT2D eigenvalue weighted by atomic mass is 10.1. The molecule has 0 fully saturated rings. The second kappa shape index (κ2) is 5.75. The first kappa shape index (κ1) is 12.0. The maximum Gasteiger partial charge on any atom is 0.330 e. The molecule has 1 N–H and O–H groups in total. The lowest BCUT2D eigenvalue weighted by molar-refractivity contribution is -0.134. The number of rotatable bonds is 4. The number of aromatic hydroxyl groups is 1. The molecule has 0 saturated carbocycles. The van der Waals surface area contributed by atoms with Crippen molar-refractivity contribution in [3.63, 3.8) is 0 Å². The van der Waals surface area contributed by atoms with Crippen LogP contribution < -0.4 is 0 Å². The molecule has 0 aliphatic rings. The Labute approximate surface area is 94.7 Å². The molecule has 0 unspecified atom stereocenters. The van der Waals surface area contributed by atoms with Gasteiger partial charge in [-0.25, -0.2) is 4.79 Å². The quantitative estimate of drug-likeness (QED) is 0.479. The van der Waals surface area contributed by atoms with Crippen LogP contribution >= 0.6 is 0 Å². The third-order valence-corrected chi connectivity index (χ3v) is 2.08. The third kappa shape index (κ3) is 3.28. The molecular formula is C13H14O3. The second-order valence-electron chi connectivity index (χ2n) is 3.24. The highest BCUT2D eigenvalue weighted by molar-refractivity contribution is 5.86. The monoisotopic (exact) mass is 218 g/mol. The van der Waals surface area contributed by atoms with E-state index < -0.39 is 5.97 Å². The number of carbonyl (C=O) groups is 1. The molecule has 0 heterocycles. The molecule has 3 heteroatoms. The zero-order valence-corrected chi connectivity index (χ0v) is 9.14. The minimum absolute atomic E-state index is 0.232. The molecular weight excluding hydrogens is 204 g/mol. The van der Waals surface area contributed by atoms with Gasteiger partial charge in [-0.1, -0.05) is 12.1 Å². The van der Waals surface area contributed by atoms with E-state index in [-0.39, 0.29) is 5.75 Å². The van der Waals surface area contributed by atoms with Crippen molar-refractivity contribution in [1.29, 1.82) is 0 Å². The summed E-state index contributed by atoms with van der Waals surface area (Å²) >= 11 is 0. The van der Waals surface area contributed by atoms with Crippen molar-refractivity contribution in [2.75, 3.05) is 7.11 Å². The topological polar surface area (TPSA) is 46.5 Å². The first-order valence-electron chi connectivity index (χ1n) is 4.86. The van der Waals surface area contributed by atoms with Crippen LogP contribution in [0.4, 0.5) is 0 Å². The molecule has 1 aromatic rings. The second-order valence-corrected chi connectivity index (χ2v) is 3.24. The molecule has 1 aromatic carbocycles. The Bertz CT molecular complexity index is 419. The van der Waals surface area contributed by atoms with Gasteiger partial charge in [0.2, 0.25) is 0 Å². The summed E-state index contributed by atoms with van der Waals surface area (Å²) in [6.45, 7) is 3.61. The van der Waals surface area contributed by atoms with Crippen molar-refractivity contribution in [1.82, 2.24) is 0 Å². The Hall–Kier alpha value is -2.03. The van der Waals surface area contributed by atoms with Crippen LogP contribution in [0.25, 0.3) is 6.08 Å². The molecule has 0 aliphatic carbocycles. The van der Waals surface area contributed by atoms with Crippen LogP contribution in [0.15, 0.2) is 36.9 Å². The lowest BCUT2D eigenvalue weighted by Gasteiger charge is -2.02. The van der Waals surface area contributed by atoms with Crippen LogP contribution in [0.1, 0.15) is 11.1 Å². The van der Waals surface area contributed by atoms with Gasteiger partial charge in [0.25, 0.3) is 0 Å². The zero-order valence-electron chi connectivity index (χ0n) is 9.14. The maximum atomic E-state index is 10.9. The molecule has 1 rings (SSSR count). The number of esters is 1. The summed E-state index contributed by atoms with van der Waals surface area (Å²) < 4.78 is 4.48. The minimum Gasteiger partial charge on any atom is -0.508 e.